The van der Waals surface area contributed by atoms with E-state index < -0.39 is 80.6 Å². The molecule has 0 aliphatic carbocycles. The lowest BCUT2D eigenvalue weighted by Gasteiger charge is -2.43. The highest BCUT2D eigenvalue weighted by atomic mass is 16.8. The monoisotopic (exact) mass is 476 g/mol. The molecule has 2 heterocycles. The maximum Gasteiger partial charge on any atom is 0.338 e. The predicted octanol–water partition coefficient (Wildman–Crippen LogP) is -3.52. The van der Waals surface area contributed by atoms with Gasteiger partial charge in [0.25, 0.3) is 0 Å². The van der Waals surface area contributed by atoms with Crippen molar-refractivity contribution in [2.24, 2.45) is 0 Å². The third kappa shape index (κ3) is 4.97. The number of aliphatic hydroxyl groups is 7. The van der Waals surface area contributed by atoms with Crippen LogP contribution in [-0.2, 0) is 18.9 Å². The molecule has 1 aromatic carbocycles. The summed E-state index contributed by atoms with van der Waals surface area (Å²) in [5, 5.41) is 69.7. The highest BCUT2D eigenvalue weighted by Crippen LogP contribution is 2.38. The van der Waals surface area contributed by atoms with Crippen molar-refractivity contribution in [2.75, 3.05) is 26.9 Å². The van der Waals surface area contributed by atoms with Gasteiger partial charge in [0.2, 0.25) is 5.79 Å². The molecule has 0 unspecified atom stereocenters. The molecule has 13 nitrogen and oxygen atoms in total. The molecule has 0 amide bonds. The molecule has 2 aliphatic heterocycles. The zero-order chi connectivity index (χ0) is 24.3. The molecule has 9 atom stereocenters. The quantitative estimate of drug-likeness (QED) is 0.182. The average Bonchev–Trinajstić information content (AvgIpc) is 3.10. The van der Waals surface area contributed by atoms with E-state index in [4.69, 9.17) is 23.7 Å². The lowest BCUT2D eigenvalue weighted by atomic mass is 9.99. The summed E-state index contributed by atoms with van der Waals surface area (Å²) in [6, 6.07) is 5.79. The Labute approximate surface area is 188 Å². The second kappa shape index (κ2) is 10.6. The number of hydrogen-bond acceptors (Lipinski definition) is 13. The zero-order valence-electron chi connectivity index (χ0n) is 17.6. The summed E-state index contributed by atoms with van der Waals surface area (Å²) in [5.74, 6) is -2.78. The van der Waals surface area contributed by atoms with Gasteiger partial charge in [0.05, 0.1) is 25.9 Å². The fraction of sp³-hybridized carbons (Fsp3) is 0.650. The first-order valence-corrected chi connectivity index (χ1v) is 10.1. The van der Waals surface area contributed by atoms with Crippen LogP contribution in [-0.4, -0.2) is 123 Å². The van der Waals surface area contributed by atoms with E-state index in [1.165, 1.54) is 31.4 Å². The second-order valence-electron chi connectivity index (χ2n) is 7.67. The van der Waals surface area contributed by atoms with Crippen molar-refractivity contribution in [3.05, 3.63) is 29.8 Å². The number of carbonyl (C=O) groups is 1. The highest BCUT2D eigenvalue weighted by molar-refractivity contribution is 5.89. The number of esters is 1. The Morgan fingerprint density at radius 1 is 0.939 bits per heavy atom. The van der Waals surface area contributed by atoms with Crippen LogP contribution in [0.15, 0.2) is 24.3 Å². The summed E-state index contributed by atoms with van der Waals surface area (Å²) >= 11 is 0. The van der Waals surface area contributed by atoms with Crippen LogP contribution >= 0.6 is 0 Å². The first kappa shape index (κ1) is 25.7. The summed E-state index contributed by atoms with van der Waals surface area (Å²) in [7, 11) is 1.45. The van der Waals surface area contributed by atoms with Gasteiger partial charge >= 0.3 is 5.97 Å². The Hall–Kier alpha value is -1.91. The third-order valence-electron chi connectivity index (χ3n) is 5.60. The average molecular weight is 476 g/mol. The van der Waals surface area contributed by atoms with Gasteiger partial charge in [-0.05, 0) is 24.3 Å². The van der Waals surface area contributed by atoms with Crippen LogP contribution in [0.4, 0.5) is 0 Å². The Morgan fingerprint density at radius 3 is 2.12 bits per heavy atom. The normalized spacial score (nSPS) is 38.8. The van der Waals surface area contributed by atoms with Crippen molar-refractivity contribution in [1.29, 1.82) is 0 Å². The Balaban J connectivity index is 1.86. The van der Waals surface area contributed by atoms with Crippen LogP contribution in [0, 0.1) is 0 Å². The number of carbonyl (C=O) groups excluding carboxylic acids is 1. The molecule has 0 saturated carbocycles. The molecule has 186 valence electrons. The maximum atomic E-state index is 12.7. The first-order valence-electron chi connectivity index (χ1n) is 10.1. The topological polar surface area (TPSA) is 205 Å². The van der Waals surface area contributed by atoms with E-state index in [9.17, 15) is 40.5 Å². The van der Waals surface area contributed by atoms with E-state index in [0.29, 0.717) is 5.75 Å². The lowest BCUT2D eigenvalue weighted by Crippen LogP contribution is -2.63. The minimum Gasteiger partial charge on any atom is -0.497 e. The van der Waals surface area contributed by atoms with Gasteiger partial charge in [0.1, 0.15) is 49.0 Å². The molecule has 13 heteroatoms. The van der Waals surface area contributed by atoms with Crippen LogP contribution in [0.2, 0.25) is 0 Å². The van der Waals surface area contributed by atoms with E-state index in [1.807, 2.05) is 0 Å². The molecular formula is C20H28O13. The highest BCUT2D eigenvalue weighted by Gasteiger charge is 2.60. The van der Waals surface area contributed by atoms with Crippen molar-refractivity contribution in [2.45, 2.75) is 54.8 Å². The van der Waals surface area contributed by atoms with Gasteiger partial charge in [-0.3, -0.25) is 0 Å². The molecular weight excluding hydrogens is 448 g/mol. The number of hydrogen-bond donors (Lipinski definition) is 7. The second-order valence-corrected chi connectivity index (χ2v) is 7.67. The molecule has 0 aromatic heterocycles. The fourth-order valence-electron chi connectivity index (χ4n) is 3.68. The van der Waals surface area contributed by atoms with Crippen molar-refractivity contribution in [3.8, 4) is 5.75 Å². The van der Waals surface area contributed by atoms with Crippen LogP contribution < -0.4 is 4.74 Å². The van der Waals surface area contributed by atoms with Gasteiger partial charge in [-0.25, -0.2) is 4.79 Å². The van der Waals surface area contributed by atoms with Gasteiger partial charge in [-0.15, -0.1) is 0 Å². The number of methoxy groups -OCH3 is 1. The van der Waals surface area contributed by atoms with E-state index >= 15 is 0 Å². The Bertz CT molecular complexity index is 787. The summed E-state index contributed by atoms with van der Waals surface area (Å²) in [6.07, 6.45) is -13.1. The van der Waals surface area contributed by atoms with E-state index in [0.717, 1.165) is 0 Å². The van der Waals surface area contributed by atoms with Crippen molar-refractivity contribution < 1.29 is 64.2 Å². The summed E-state index contributed by atoms with van der Waals surface area (Å²) in [5.41, 5.74) is 0.0649. The molecule has 0 radical (unpaired) electrons. The van der Waals surface area contributed by atoms with Gasteiger partial charge in [0.15, 0.2) is 12.4 Å². The van der Waals surface area contributed by atoms with Gasteiger partial charge < -0.3 is 59.4 Å². The van der Waals surface area contributed by atoms with Crippen LogP contribution in [0.3, 0.4) is 0 Å². The van der Waals surface area contributed by atoms with Gasteiger partial charge in [-0.2, -0.15) is 0 Å². The Kier molecular flexibility index (Phi) is 8.23. The van der Waals surface area contributed by atoms with Crippen molar-refractivity contribution >= 4 is 5.97 Å². The standard InChI is InChI=1S/C20H28O13/c1-29-10-4-2-9(3-5-10)18(28)31-17-14(25)12(7-22)32-20(17,8-23)33-19-16(27)15(26)13(24)11(6-21)30-19/h2-5,11-17,19,21-27H,6-8H2,1H3/t11-,12-,13-,14-,15+,16-,17+,19-,20+/m1/s1. The Morgan fingerprint density at radius 2 is 1.58 bits per heavy atom. The molecule has 3 rings (SSSR count). The number of benzene rings is 1. The van der Waals surface area contributed by atoms with Crippen molar-refractivity contribution in [3.63, 3.8) is 0 Å². The largest absolute Gasteiger partial charge is 0.497 e. The fourth-order valence-corrected chi connectivity index (χ4v) is 3.68. The summed E-state index contributed by atoms with van der Waals surface area (Å²) < 4.78 is 26.6. The predicted molar refractivity (Wildman–Crippen MR) is 105 cm³/mol. The SMILES string of the molecule is COc1ccc(C(=O)O[C@H]2[C@H](O)[C@@H](CO)O[C@@]2(CO)O[C@H]2O[C@H](CO)[C@@H](O)[C@H](O)[C@H]2O)cc1. The van der Waals surface area contributed by atoms with Crippen LogP contribution in [0.25, 0.3) is 0 Å². The molecule has 1 aromatic rings. The third-order valence-corrected chi connectivity index (χ3v) is 5.60. The smallest absolute Gasteiger partial charge is 0.338 e. The first-order chi connectivity index (χ1) is 15.7. The van der Waals surface area contributed by atoms with E-state index in [-0.39, 0.29) is 5.56 Å². The molecule has 2 saturated heterocycles. The van der Waals surface area contributed by atoms with Gasteiger partial charge in [0, 0.05) is 0 Å². The minimum absolute atomic E-state index is 0.0649. The number of ether oxygens (including phenoxy) is 5. The van der Waals surface area contributed by atoms with E-state index in [2.05, 4.69) is 0 Å². The van der Waals surface area contributed by atoms with Crippen molar-refractivity contribution in [1.82, 2.24) is 0 Å². The van der Waals surface area contributed by atoms with E-state index in [1.54, 1.807) is 0 Å². The molecule has 0 bridgehead atoms. The summed E-state index contributed by atoms with van der Waals surface area (Å²) in [4.78, 5) is 12.7. The summed E-state index contributed by atoms with van der Waals surface area (Å²) in [6.45, 7) is -2.51. The van der Waals surface area contributed by atoms with Gasteiger partial charge in [-0.1, -0.05) is 0 Å². The maximum absolute atomic E-state index is 12.7. The molecule has 2 fully saturated rings. The van der Waals surface area contributed by atoms with Crippen LogP contribution in [0.1, 0.15) is 10.4 Å². The lowest BCUT2D eigenvalue weighted by molar-refractivity contribution is -0.383. The number of rotatable bonds is 8. The molecule has 2 aliphatic rings. The zero-order valence-corrected chi connectivity index (χ0v) is 17.6. The molecule has 33 heavy (non-hydrogen) atoms. The number of aliphatic hydroxyl groups excluding tert-OH is 7. The molecule has 7 N–H and O–H groups in total. The molecule has 0 spiro atoms. The minimum atomic E-state index is -2.33. The van der Waals surface area contributed by atoms with Crippen LogP contribution in [0.5, 0.6) is 5.75 Å².